The van der Waals surface area contributed by atoms with Crippen molar-refractivity contribution in [3.8, 4) is 11.1 Å². The summed E-state index contributed by atoms with van der Waals surface area (Å²) in [5.74, 6) is -3.69. The van der Waals surface area contributed by atoms with Crippen molar-refractivity contribution in [3.63, 3.8) is 0 Å². The van der Waals surface area contributed by atoms with E-state index in [0.717, 1.165) is 16.9 Å². The van der Waals surface area contributed by atoms with E-state index in [0.29, 0.717) is 24.2 Å². The van der Waals surface area contributed by atoms with Crippen molar-refractivity contribution < 1.29 is 28.3 Å². The van der Waals surface area contributed by atoms with Gasteiger partial charge in [0.05, 0.1) is 35.7 Å². The first-order valence-electron chi connectivity index (χ1n) is 11.7. The van der Waals surface area contributed by atoms with Crippen LogP contribution in [0.15, 0.2) is 30.6 Å². The molecule has 0 bridgehead atoms. The Kier molecular flexibility index (Phi) is 5.52. The lowest BCUT2D eigenvalue weighted by Crippen LogP contribution is -2.63. The summed E-state index contributed by atoms with van der Waals surface area (Å²) in [6, 6.07) is 3.70. The Labute approximate surface area is 200 Å². The number of nitrogens with one attached hydrogen (secondary N) is 1. The number of aromatic nitrogens is 2. The van der Waals surface area contributed by atoms with Gasteiger partial charge in [-0.3, -0.25) is 19.2 Å². The Morgan fingerprint density at radius 1 is 1.17 bits per heavy atom. The second-order valence-electron chi connectivity index (χ2n) is 9.71. The lowest BCUT2D eigenvalue weighted by molar-refractivity contribution is -0.123. The molecule has 1 aromatic heterocycles. The number of anilines is 2. The number of carboxylic acid groups (broad SMARTS) is 1. The van der Waals surface area contributed by atoms with Crippen LogP contribution in [0.1, 0.15) is 45.6 Å². The van der Waals surface area contributed by atoms with Crippen molar-refractivity contribution in [1.29, 1.82) is 0 Å². The molecule has 0 radical (unpaired) electrons. The van der Waals surface area contributed by atoms with Gasteiger partial charge in [0.2, 0.25) is 17.7 Å². The zero-order chi connectivity index (χ0) is 25.1. The monoisotopic (exact) mass is 487 g/mol. The SMILES string of the molecule is CC(=O)N1c2ccc(-c3cnn(C4CCNC(=O)C4)c3)cc2N(C(=O)O)C(C2CC(F)(F)C2)[C@@H]1C. The molecule has 1 aromatic carbocycles. The molecule has 9 nitrogen and oxygen atoms in total. The normalized spacial score (nSPS) is 26.1. The smallest absolute Gasteiger partial charge is 0.412 e. The van der Waals surface area contributed by atoms with Crippen molar-refractivity contribution >= 4 is 29.3 Å². The zero-order valence-corrected chi connectivity index (χ0v) is 19.4. The predicted octanol–water partition coefficient (Wildman–Crippen LogP) is 3.65. The summed E-state index contributed by atoms with van der Waals surface area (Å²) in [5.41, 5.74) is 2.12. The number of carbonyl (C=O) groups excluding carboxylic acids is 2. The summed E-state index contributed by atoms with van der Waals surface area (Å²) in [7, 11) is 0. The summed E-state index contributed by atoms with van der Waals surface area (Å²) >= 11 is 0. The highest BCUT2D eigenvalue weighted by molar-refractivity contribution is 6.03. The molecule has 2 aliphatic heterocycles. The average Bonchev–Trinajstić information content (AvgIpc) is 3.26. The molecule has 2 unspecified atom stereocenters. The molecule has 3 aliphatic rings. The molecule has 35 heavy (non-hydrogen) atoms. The van der Waals surface area contributed by atoms with Crippen LogP contribution in [0.5, 0.6) is 0 Å². The number of amides is 3. The largest absolute Gasteiger partial charge is 0.465 e. The number of hydrogen-bond acceptors (Lipinski definition) is 4. The molecule has 3 heterocycles. The van der Waals surface area contributed by atoms with E-state index in [2.05, 4.69) is 10.4 Å². The van der Waals surface area contributed by atoms with E-state index in [4.69, 9.17) is 0 Å². The molecule has 2 fully saturated rings. The highest BCUT2D eigenvalue weighted by atomic mass is 19.3. The van der Waals surface area contributed by atoms with Gasteiger partial charge in [-0.1, -0.05) is 6.07 Å². The Morgan fingerprint density at radius 3 is 2.54 bits per heavy atom. The molecular formula is C24H27F2N5O4. The van der Waals surface area contributed by atoms with Gasteiger partial charge in [0.15, 0.2) is 0 Å². The first kappa shape index (κ1) is 23.3. The minimum atomic E-state index is -2.82. The van der Waals surface area contributed by atoms with E-state index in [1.165, 1.54) is 11.8 Å². The fraction of sp³-hybridized carbons (Fsp3) is 0.500. The van der Waals surface area contributed by atoms with Crippen LogP contribution in [-0.2, 0) is 9.59 Å². The molecule has 11 heteroatoms. The number of halogens is 2. The van der Waals surface area contributed by atoms with E-state index in [1.807, 2.05) is 6.20 Å². The van der Waals surface area contributed by atoms with Crippen LogP contribution in [0.3, 0.4) is 0 Å². The summed E-state index contributed by atoms with van der Waals surface area (Å²) in [5, 5.41) is 17.3. The maximum absolute atomic E-state index is 13.7. The van der Waals surface area contributed by atoms with Crippen molar-refractivity contribution in [2.75, 3.05) is 16.3 Å². The van der Waals surface area contributed by atoms with Gasteiger partial charge in [0.1, 0.15) is 0 Å². The number of piperidine rings is 1. The van der Waals surface area contributed by atoms with Crippen LogP contribution in [0, 0.1) is 5.92 Å². The second kappa shape index (κ2) is 8.31. The Hall–Kier alpha value is -3.50. The molecule has 1 aliphatic carbocycles. The van der Waals surface area contributed by atoms with Gasteiger partial charge >= 0.3 is 6.09 Å². The maximum Gasteiger partial charge on any atom is 0.412 e. The number of benzene rings is 1. The molecule has 1 saturated heterocycles. The molecule has 0 spiro atoms. The van der Waals surface area contributed by atoms with Crippen LogP contribution in [-0.4, -0.2) is 57.3 Å². The fourth-order valence-corrected chi connectivity index (χ4v) is 5.77. The molecule has 2 aromatic rings. The van der Waals surface area contributed by atoms with Gasteiger partial charge in [-0.05, 0) is 37.0 Å². The highest BCUT2D eigenvalue weighted by Gasteiger charge is 2.55. The van der Waals surface area contributed by atoms with Crippen LogP contribution in [0.2, 0.25) is 0 Å². The Bertz CT molecular complexity index is 1190. The number of hydrogen-bond donors (Lipinski definition) is 2. The number of nitrogens with zero attached hydrogens (tertiary/aromatic N) is 4. The van der Waals surface area contributed by atoms with Crippen molar-refractivity contribution in [3.05, 3.63) is 30.6 Å². The molecule has 1 saturated carbocycles. The lowest BCUT2D eigenvalue weighted by Gasteiger charge is -2.52. The van der Waals surface area contributed by atoms with Gasteiger partial charge in [0.25, 0.3) is 0 Å². The zero-order valence-electron chi connectivity index (χ0n) is 19.4. The molecule has 186 valence electrons. The fourth-order valence-electron chi connectivity index (χ4n) is 5.77. The van der Waals surface area contributed by atoms with E-state index in [1.54, 1.807) is 36.0 Å². The van der Waals surface area contributed by atoms with Crippen LogP contribution >= 0.6 is 0 Å². The molecule has 3 atom stereocenters. The van der Waals surface area contributed by atoms with E-state index in [-0.39, 0.29) is 23.5 Å². The second-order valence-corrected chi connectivity index (χ2v) is 9.71. The van der Waals surface area contributed by atoms with Crippen LogP contribution < -0.4 is 15.1 Å². The first-order chi connectivity index (χ1) is 16.6. The molecule has 5 rings (SSSR count). The Morgan fingerprint density at radius 2 is 1.91 bits per heavy atom. The molecule has 3 amide bonds. The Balaban J connectivity index is 1.54. The van der Waals surface area contributed by atoms with E-state index >= 15 is 0 Å². The predicted molar refractivity (Wildman–Crippen MR) is 124 cm³/mol. The molecule has 2 N–H and O–H groups in total. The standard InChI is InChI=1S/C24H27F2N5O4/c1-13-22(16-9-24(25,26)10-16)31(23(34)35)20-7-15(3-4-19(20)30(13)14(2)32)17-11-28-29(12-17)18-5-6-27-21(33)8-18/h3-4,7,11-13,16,18,22H,5-6,8-10H2,1-2H3,(H,27,33)(H,34,35)/t13-,18?,22?/m0/s1. The van der Waals surface area contributed by atoms with Crippen molar-refractivity contribution in [1.82, 2.24) is 15.1 Å². The minimum absolute atomic E-state index is 0.0322. The third-order valence-corrected chi connectivity index (χ3v) is 7.37. The first-order valence-corrected chi connectivity index (χ1v) is 11.7. The van der Waals surface area contributed by atoms with Crippen LogP contribution in [0.4, 0.5) is 25.0 Å². The maximum atomic E-state index is 13.7. The van der Waals surface area contributed by atoms with Gasteiger partial charge in [-0.25, -0.2) is 13.6 Å². The van der Waals surface area contributed by atoms with Gasteiger partial charge in [0, 0.05) is 44.5 Å². The van der Waals surface area contributed by atoms with Crippen molar-refractivity contribution in [2.45, 2.75) is 63.6 Å². The highest BCUT2D eigenvalue weighted by Crippen LogP contribution is 2.51. The summed E-state index contributed by atoms with van der Waals surface area (Å²) in [4.78, 5) is 39.4. The van der Waals surface area contributed by atoms with Crippen molar-refractivity contribution in [2.24, 2.45) is 5.92 Å². The quantitative estimate of drug-likeness (QED) is 0.687. The average molecular weight is 488 g/mol. The molecular weight excluding hydrogens is 460 g/mol. The topological polar surface area (TPSA) is 108 Å². The van der Waals surface area contributed by atoms with E-state index < -0.39 is 42.9 Å². The van der Waals surface area contributed by atoms with Gasteiger partial charge < -0.3 is 15.3 Å². The number of alkyl halides is 2. The summed E-state index contributed by atoms with van der Waals surface area (Å²) in [6.07, 6.45) is 2.48. The lowest BCUT2D eigenvalue weighted by atomic mass is 9.72. The van der Waals surface area contributed by atoms with Crippen LogP contribution in [0.25, 0.3) is 11.1 Å². The number of carbonyl (C=O) groups is 3. The summed E-state index contributed by atoms with van der Waals surface area (Å²) < 4.78 is 29.2. The van der Waals surface area contributed by atoms with Gasteiger partial charge in [-0.15, -0.1) is 0 Å². The number of fused-ring (bicyclic) bond motifs is 1. The van der Waals surface area contributed by atoms with Gasteiger partial charge in [-0.2, -0.15) is 5.10 Å². The number of rotatable bonds is 3. The summed E-state index contributed by atoms with van der Waals surface area (Å²) in [6.45, 7) is 3.67. The third kappa shape index (κ3) is 4.02. The third-order valence-electron chi connectivity index (χ3n) is 7.37. The van der Waals surface area contributed by atoms with E-state index in [9.17, 15) is 28.3 Å². The minimum Gasteiger partial charge on any atom is -0.465 e.